The van der Waals surface area contributed by atoms with Gasteiger partial charge in [-0.25, -0.2) is 0 Å². The van der Waals surface area contributed by atoms with Gasteiger partial charge in [-0.3, -0.25) is 0 Å². The van der Waals surface area contributed by atoms with Crippen molar-refractivity contribution in [2.24, 2.45) is 11.8 Å². The van der Waals surface area contributed by atoms with E-state index in [1.807, 2.05) is 0 Å². The van der Waals surface area contributed by atoms with Gasteiger partial charge in [0.05, 0.1) is 0 Å². The normalized spacial score (nSPS) is 17.9. The molecule has 0 N–H and O–H groups in total. The number of allylic oxidation sites excluding steroid dienone is 6. The van der Waals surface area contributed by atoms with E-state index >= 15 is 0 Å². The zero-order valence-corrected chi connectivity index (χ0v) is 22.9. The smallest absolute Gasteiger partial charge is 0.0253 e. The standard InChI is InChI=1S/C31H26.CH3Cl.Zr/c1-2-3-12-29(30-25-17-8-4-13-21(25)22-14-5-9-18-26(22)30)31-27-19-10-6-15-23(27)24-16-7-11-20-28(24)31;1-2;/h3-20,25,29,31H,2H2,1H3;1H3;. The van der Waals surface area contributed by atoms with Crippen LogP contribution in [-0.2, 0) is 26.2 Å². The molecule has 0 aromatic heterocycles. The van der Waals surface area contributed by atoms with Crippen LogP contribution in [0.3, 0.4) is 0 Å². The average Bonchev–Trinajstić information content (AvgIpc) is 3.40. The predicted octanol–water partition coefficient (Wildman–Crippen LogP) is 6.99. The molecule has 0 bridgehead atoms. The van der Waals surface area contributed by atoms with E-state index in [9.17, 15) is 0 Å². The number of fused-ring (bicyclic) bond motifs is 5. The van der Waals surface area contributed by atoms with Crippen LogP contribution in [0.15, 0.2) is 109 Å². The van der Waals surface area contributed by atoms with Gasteiger partial charge in [0.2, 0.25) is 0 Å². The van der Waals surface area contributed by atoms with Gasteiger partial charge in [-0.1, -0.05) is 116 Å². The molecule has 0 spiro atoms. The third-order valence-corrected chi connectivity index (χ3v) is 7.09. The van der Waals surface area contributed by atoms with Crippen molar-refractivity contribution in [3.63, 3.8) is 0 Å². The zero-order valence-electron chi connectivity index (χ0n) is 19.7. The molecule has 2 atom stereocenters. The first-order valence-corrected chi connectivity index (χ1v) is 12.5. The fourth-order valence-corrected chi connectivity index (χ4v) is 5.87. The van der Waals surface area contributed by atoms with Gasteiger partial charge in [-0.2, -0.15) is 0 Å². The minimum Gasteiger partial charge on any atom is -0.130 e. The molecule has 3 aromatic carbocycles. The maximum atomic E-state index is 4.64. The van der Waals surface area contributed by atoms with Gasteiger partial charge in [0.25, 0.3) is 0 Å². The van der Waals surface area contributed by atoms with Crippen molar-refractivity contribution in [3.05, 3.63) is 131 Å². The van der Waals surface area contributed by atoms with Crippen molar-refractivity contribution in [1.29, 1.82) is 0 Å². The summed E-state index contributed by atoms with van der Waals surface area (Å²) in [6.07, 6.45) is 16.5. The molecular weight excluding hydrogens is 511 g/mol. The summed E-state index contributed by atoms with van der Waals surface area (Å²) in [5, 5.41) is 2.82. The van der Waals surface area contributed by atoms with Gasteiger partial charge in [-0.05, 0) is 50.3 Å². The van der Waals surface area contributed by atoms with E-state index in [0.29, 0.717) is 17.8 Å². The minimum absolute atomic E-state index is 0. The van der Waals surface area contributed by atoms with Crippen molar-refractivity contribution >= 4 is 22.7 Å². The van der Waals surface area contributed by atoms with Crippen LogP contribution in [0, 0.1) is 11.8 Å². The molecule has 3 aliphatic rings. The molecule has 3 aliphatic carbocycles. The third-order valence-electron chi connectivity index (χ3n) is 7.09. The Balaban J connectivity index is 0.000000890. The summed E-state index contributed by atoms with van der Waals surface area (Å²) in [5.74, 6) is 1.02. The Labute approximate surface area is 227 Å². The van der Waals surface area contributed by atoms with Gasteiger partial charge in [0.15, 0.2) is 0 Å². The monoisotopic (exact) mass is 538 g/mol. The quantitative estimate of drug-likeness (QED) is 0.247. The van der Waals surface area contributed by atoms with Gasteiger partial charge < -0.3 is 0 Å². The van der Waals surface area contributed by atoms with Crippen LogP contribution in [0.4, 0.5) is 0 Å². The van der Waals surface area contributed by atoms with E-state index < -0.39 is 0 Å². The number of rotatable bonds is 4. The molecule has 2 heteroatoms. The fraction of sp³-hybridized carbons (Fsp3) is 0.188. The Kier molecular flexibility index (Phi) is 8.07. The molecule has 2 unspecified atom stereocenters. The van der Waals surface area contributed by atoms with E-state index in [1.165, 1.54) is 44.6 Å². The second-order valence-corrected chi connectivity index (χ2v) is 8.69. The second kappa shape index (κ2) is 11.0. The van der Waals surface area contributed by atoms with Crippen LogP contribution in [0.5, 0.6) is 0 Å². The van der Waals surface area contributed by atoms with Crippen molar-refractivity contribution in [1.82, 2.24) is 0 Å². The average molecular weight is 540 g/mol. The molecule has 6 rings (SSSR count). The van der Waals surface area contributed by atoms with E-state index in [1.54, 1.807) is 5.57 Å². The summed E-state index contributed by atoms with van der Waals surface area (Å²) in [7, 11) is 0. The maximum absolute atomic E-state index is 4.64. The molecule has 0 fully saturated rings. The van der Waals surface area contributed by atoms with E-state index in [2.05, 4.69) is 128 Å². The Bertz CT molecular complexity index is 1350. The van der Waals surface area contributed by atoms with E-state index in [4.69, 9.17) is 0 Å². The molecule has 0 saturated heterocycles. The first kappa shape index (κ1) is 24.9. The van der Waals surface area contributed by atoms with E-state index in [-0.39, 0.29) is 26.2 Å². The Morgan fingerprint density at radius 3 is 2.03 bits per heavy atom. The summed E-state index contributed by atoms with van der Waals surface area (Å²) >= 11 is 4.64. The van der Waals surface area contributed by atoms with Crippen LogP contribution in [0.25, 0.3) is 22.3 Å². The molecule has 0 aliphatic heterocycles. The van der Waals surface area contributed by atoms with Gasteiger partial charge in [-0.15, -0.1) is 11.6 Å². The van der Waals surface area contributed by atoms with Gasteiger partial charge >= 0.3 is 0 Å². The molecule has 0 amide bonds. The summed E-state index contributed by atoms with van der Waals surface area (Å²) < 4.78 is 0. The van der Waals surface area contributed by atoms with Crippen molar-refractivity contribution < 1.29 is 26.2 Å². The zero-order chi connectivity index (χ0) is 22.8. The molecule has 34 heavy (non-hydrogen) atoms. The Morgan fingerprint density at radius 2 is 1.38 bits per heavy atom. The molecule has 0 nitrogen and oxygen atoms in total. The molecular formula is C32H29ClZr. The molecule has 0 saturated carbocycles. The second-order valence-electron chi connectivity index (χ2n) is 8.69. The summed E-state index contributed by atoms with van der Waals surface area (Å²) in [6, 6.07) is 27.0. The number of alkyl halides is 1. The Hall–Kier alpha value is -2.21. The van der Waals surface area contributed by atoms with Crippen molar-refractivity contribution in [2.45, 2.75) is 19.3 Å². The topological polar surface area (TPSA) is 0 Å². The van der Waals surface area contributed by atoms with Crippen LogP contribution in [0.2, 0.25) is 0 Å². The largest absolute Gasteiger partial charge is 0.130 e. The molecule has 168 valence electrons. The maximum Gasteiger partial charge on any atom is 0.0253 e. The first-order chi connectivity index (χ1) is 16.4. The third kappa shape index (κ3) is 4.08. The number of hydrogen-bond acceptors (Lipinski definition) is 0. The van der Waals surface area contributed by atoms with Crippen LogP contribution in [0.1, 0.15) is 30.4 Å². The number of halogens is 1. The van der Waals surface area contributed by atoms with Crippen LogP contribution >= 0.6 is 11.6 Å². The van der Waals surface area contributed by atoms with Gasteiger partial charge in [0, 0.05) is 50.3 Å². The summed E-state index contributed by atoms with van der Waals surface area (Å²) in [5.41, 5.74) is 8.71. The molecule has 3 aromatic rings. The predicted molar refractivity (Wildman–Crippen MR) is 143 cm³/mol. The Morgan fingerprint density at radius 1 is 0.794 bits per heavy atom. The van der Waals surface area contributed by atoms with Crippen LogP contribution in [-0.4, -0.2) is 6.38 Å². The first-order valence-electron chi connectivity index (χ1n) is 11.8. The fourth-order valence-electron chi connectivity index (χ4n) is 5.87. The van der Waals surface area contributed by atoms with Crippen molar-refractivity contribution in [3.8, 4) is 11.1 Å². The summed E-state index contributed by atoms with van der Waals surface area (Å²) in [4.78, 5) is 0. The molecule has 0 radical (unpaired) electrons. The van der Waals surface area contributed by atoms with Gasteiger partial charge in [0.1, 0.15) is 0 Å². The van der Waals surface area contributed by atoms with Crippen LogP contribution < -0.4 is 10.4 Å². The van der Waals surface area contributed by atoms with Crippen molar-refractivity contribution in [2.75, 3.05) is 6.38 Å². The van der Waals surface area contributed by atoms with E-state index in [0.717, 1.165) is 6.42 Å². The number of hydrogen-bond donors (Lipinski definition) is 0. The molecule has 0 heterocycles. The summed E-state index contributed by atoms with van der Waals surface area (Å²) in [6.45, 7) is 2.23. The minimum atomic E-state index is 0. The number of benzene rings is 3. The SMILES string of the molecule is CCC=CC(C1=c2ccccc2=C2C=CC=CC21)C1c2ccccc2-c2ccccc21.CCl.[Zr].